The van der Waals surface area contributed by atoms with Gasteiger partial charge in [0.15, 0.2) is 5.69 Å². The highest BCUT2D eigenvalue weighted by Gasteiger charge is 2.37. The number of benzene rings is 1. The molecule has 1 unspecified atom stereocenters. The normalized spacial score (nSPS) is 23.7. The highest BCUT2D eigenvalue weighted by Crippen LogP contribution is 2.41. The lowest BCUT2D eigenvalue weighted by molar-refractivity contribution is -0.714. The second-order valence-electron chi connectivity index (χ2n) is 6.16. The topological polar surface area (TPSA) is 81.5 Å². The second kappa shape index (κ2) is 6.77. The summed E-state index contributed by atoms with van der Waals surface area (Å²) < 4.78 is 40.0. The molecule has 0 aromatic heterocycles. The summed E-state index contributed by atoms with van der Waals surface area (Å²) in [4.78, 5) is 1.89. The molecule has 2 heterocycles. The highest BCUT2D eigenvalue weighted by atomic mass is 19.3. The molecule has 9 heteroatoms. The van der Waals surface area contributed by atoms with Crippen molar-refractivity contribution in [2.24, 2.45) is 0 Å². The number of anilines is 1. The van der Waals surface area contributed by atoms with Gasteiger partial charge in [-0.1, -0.05) is 0 Å². The fraction of sp³-hybridized carbons (Fsp3) is 0.600. The standard InChI is InChI=1S/C15H19F2N2O5/c1-15(9-23-14(16)17)8-10-6-12(19(20)21)11(7-13(10)24-15)18-2-4-22-5-3-18/h6-7,14,19H,2-5,8-9H2,1H3/q-1. The molecule has 0 amide bonds. The van der Waals surface area contributed by atoms with Gasteiger partial charge in [-0.25, -0.2) is 0 Å². The zero-order valence-corrected chi connectivity index (χ0v) is 13.2. The Hall–Kier alpha value is -1.52. The lowest BCUT2D eigenvalue weighted by Crippen LogP contribution is -2.96. The Labute approximate surface area is 137 Å². The van der Waals surface area contributed by atoms with Crippen LogP contribution in [0, 0.1) is 10.4 Å². The summed E-state index contributed by atoms with van der Waals surface area (Å²) in [5.41, 5.74) is 0.256. The van der Waals surface area contributed by atoms with E-state index < -0.39 is 17.4 Å². The van der Waals surface area contributed by atoms with E-state index in [4.69, 9.17) is 9.47 Å². The minimum Gasteiger partial charge on any atom is -0.628 e. The van der Waals surface area contributed by atoms with Crippen molar-refractivity contribution in [1.82, 2.24) is 0 Å². The number of hydrogen-bond donors (Lipinski definition) is 1. The van der Waals surface area contributed by atoms with Crippen LogP contribution >= 0.6 is 0 Å². The maximum atomic E-state index is 12.3. The van der Waals surface area contributed by atoms with Crippen molar-refractivity contribution >= 4 is 11.4 Å². The van der Waals surface area contributed by atoms with Crippen LogP contribution in [0.5, 0.6) is 5.75 Å². The Kier molecular flexibility index (Phi) is 4.88. The number of halogens is 2. The van der Waals surface area contributed by atoms with Gasteiger partial charge in [0.25, 0.3) is 0 Å². The summed E-state index contributed by atoms with van der Waals surface area (Å²) in [6.07, 6.45) is 0.290. The summed E-state index contributed by atoms with van der Waals surface area (Å²) in [6.45, 7) is 0.622. The molecule has 2 aliphatic rings. The Morgan fingerprint density at radius 1 is 1.33 bits per heavy atom. The van der Waals surface area contributed by atoms with E-state index in [9.17, 15) is 19.2 Å². The fourth-order valence-corrected chi connectivity index (χ4v) is 3.10. The highest BCUT2D eigenvalue weighted by molar-refractivity contribution is 5.69. The van der Waals surface area contributed by atoms with E-state index in [-0.39, 0.29) is 12.3 Å². The van der Waals surface area contributed by atoms with Gasteiger partial charge in [-0.05, 0) is 6.92 Å². The van der Waals surface area contributed by atoms with Crippen LogP contribution in [-0.4, -0.2) is 45.1 Å². The van der Waals surface area contributed by atoms with Crippen molar-refractivity contribution in [2.45, 2.75) is 25.6 Å². The molecule has 1 aromatic carbocycles. The number of ether oxygens (including phenoxy) is 3. The van der Waals surface area contributed by atoms with Crippen LogP contribution in [0.3, 0.4) is 0 Å². The molecule has 134 valence electrons. The third-order valence-corrected chi connectivity index (χ3v) is 4.19. The van der Waals surface area contributed by atoms with E-state index in [0.717, 1.165) is 0 Å². The minimum atomic E-state index is -2.88. The summed E-state index contributed by atoms with van der Waals surface area (Å²) in [5.74, 6) is 0.488. The molecule has 2 aliphatic heterocycles. The SMILES string of the molecule is CC1(COC(F)F)Cc2cc([NH+]([O-])[O-])c(N3CCOCC3)cc2O1. The van der Waals surface area contributed by atoms with Gasteiger partial charge >= 0.3 is 6.61 Å². The van der Waals surface area contributed by atoms with Gasteiger partial charge in [-0.2, -0.15) is 8.78 Å². The first-order valence-corrected chi connectivity index (χ1v) is 7.68. The van der Waals surface area contributed by atoms with Crippen LogP contribution in [0.25, 0.3) is 0 Å². The van der Waals surface area contributed by atoms with Crippen molar-refractivity contribution < 1.29 is 28.2 Å². The average Bonchev–Trinajstić information content (AvgIpc) is 2.88. The third kappa shape index (κ3) is 3.60. The third-order valence-electron chi connectivity index (χ3n) is 4.19. The molecule has 0 saturated carbocycles. The van der Waals surface area contributed by atoms with Crippen molar-refractivity contribution in [1.29, 1.82) is 0 Å². The second-order valence-corrected chi connectivity index (χ2v) is 6.16. The molecule has 1 aromatic rings. The molecule has 1 fully saturated rings. The molecule has 0 radical (unpaired) electrons. The summed E-state index contributed by atoms with van der Waals surface area (Å²) in [7, 11) is 0. The number of morpholine rings is 1. The number of fused-ring (bicyclic) bond motifs is 1. The Balaban J connectivity index is 1.87. The molecule has 1 atom stereocenters. The van der Waals surface area contributed by atoms with Crippen molar-refractivity contribution in [2.75, 3.05) is 37.8 Å². The summed E-state index contributed by atoms with van der Waals surface area (Å²) >= 11 is 0. The predicted octanol–water partition coefficient (Wildman–Crippen LogP) is 0.968. The van der Waals surface area contributed by atoms with Crippen molar-refractivity contribution in [3.63, 3.8) is 0 Å². The molecule has 7 nitrogen and oxygen atoms in total. The quantitative estimate of drug-likeness (QED) is 0.801. The van der Waals surface area contributed by atoms with Crippen molar-refractivity contribution in [3.05, 3.63) is 28.1 Å². The minimum absolute atomic E-state index is 0.0678. The first-order chi connectivity index (χ1) is 11.4. The maximum Gasteiger partial charge on any atom is 0.345 e. The van der Waals surface area contributed by atoms with Crippen LogP contribution in [0.4, 0.5) is 20.2 Å². The average molecular weight is 345 g/mol. The van der Waals surface area contributed by atoms with Gasteiger partial charge in [0.05, 0.1) is 19.8 Å². The molecule has 24 heavy (non-hydrogen) atoms. The lowest BCUT2D eigenvalue weighted by Gasteiger charge is -2.34. The molecule has 1 saturated heterocycles. The number of nitrogens with one attached hydrogen (secondary N) is 1. The smallest absolute Gasteiger partial charge is 0.345 e. The van der Waals surface area contributed by atoms with Gasteiger partial charge in [0, 0.05) is 37.2 Å². The monoisotopic (exact) mass is 345 g/mol. The molecule has 0 bridgehead atoms. The number of nitrogens with zero attached hydrogens (tertiary/aromatic N) is 1. The van der Waals surface area contributed by atoms with Crippen molar-refractivity contribution in [3.8, 4) is 5.75 Å². The number of hydrogen-bond acceptors (Lipinski definition) is 6. The lowest BCUT2D eigenvalue weighted by atomic mass is 9.99. The number of quaternary nitrogens is 1. The Bertz CT molecular complexity index is 595. The summed E-state index contributed by atoms with van der Waals surface area (Å²) in [6, 6.07) is 3.14. The van der Waals surface area contributed by atoms with Crippen LogP contribution in [0.2, 0.25) is 0 Å². The molecular formula is C15H19F2N2O5-. The van der Waals surface area contributed by atoms with Gasteiger partial charge < -0.3 is 34.8 Å². The molecule has 0 aliphatic carbocycles. The van der Waals surface area contributed by atoms with Crippen LogP contribution in [0.15, 0.2) is 12.1 Å². The van der Waals surface area contributed by atoms with E-state index in [2.05, 4.69) is 4.74 Å². The zero-order chi connectivity index (χ0) is 17.3. The summed E-state index contributed by atoms with van der Waals surface area (Å²) in [5, 5.41) is 21.7. The van der Waals surface area contributed by atoms with Gasteiger partial charge in [0.1, 0.15) is 17.0 Å². The predicted molar refractivity (Wildman–Crippen MR) is 81.5 cm³/mol. The number of alkyl halides is 2. The first-order valence-electron chi connectivity index (χ1n) is 7.68. The van der Waals surface area contributed by atoms with Gasteiger partial charge in [-0.15, -0.1) is 0 Å². The maximum absolute atomic E-state index is 12.3. The Morgan fingerprint density at radius 2 is 2.04 bits per heavy atom. The number of rotatable bonds is 5. The molecule has 3 rings (SSSR count). The van der Waals surface area contributed by atoms with Gasteiger partial charge in [-0.3, -0.25) is 0 Å². The molecule has 1 N–H and O–H groups in total. The largest absolute Gasteiger partial charge is 0.628 e. The molecular weight excluding hydrogens is 326 g/mol. The van der Waals surface area contributed by atoms with E-state index in [1.807, 2.05) is 4.90 Å². The molecule has 0 spiro atoms. The van der Waals surface area contributed by atoms with Crippen LogP contribution < -0.4 is 14.9 Å². The van der Waals surface area contributed by atoms with E-state index in [1.165, 1.54) is 6.07 Å². The van der Waals surface area contributed by atoms with Crippen LogP contribution in [0.1, 0.15) is 12.5 Å². The fourth-order valence-electron chi connectivity index (χ4n) is 3.10. The van der Waals surface area contributed by atoms with Crippen LogP contribution in [-0.2, 0) is 15.9 Å². The zero-order valence-electron chi connectivity index (χ0n) is 13.2. The van der Waals surface area contributed by atoms with E-state index in [1.54, 1.807) is 13.0 Å². The first kappa shape index (κ1) is 17.3. The van der Waals surface area contributed by atoms with E-state index >= 15 is 0 Å². The van der Waals surface area contributed by atoms with E-state index in [0.29, 0.717) is 49.7 Å². The van der Waals surface area contributed by atoms with Gasteiger partial charge in [0.2, 0.25) is 0 Å². The Morgan fingerprint density at radius 3 is 2.67 bits per heavy atom.